The van der Waals surface area contributed by atoms with E-state index in [0.717, 1.165) is 18.4 Å². The summed E-state index contributed by atoms with van der Waals surface area (Å²) in [5.41, 5.74) is 1.00. The fourth-order valence-electron chi connectivity index (χ4n) is 3.58. The van der Waals surface area contributed by atoms with Gasteiger partial charge in [0, 0.05) is 38.6 Å². The van der Waals surface area contributed by atoms with Crippen LogP contribution < -0.4 is 4.90 Å². The summed E-state index contributed by atoms with van der Waals surface area (Å²) in [7, 11) is -3.56. The zero-order chi connectivity index (χ0) is 23.6. The van der Waals surface area contributed by atoms with Gasteiger partial charge in [-0.05, 0) is 31.9 Å². The number of nitrogens with zero attached hydrogens (tertiary/aromatic N) is 5. The molecule has 0 atom stereocenters. The van der Waals surface area contributed by atoms with E-state index in [4.69, 9.17) is 0 Å². The smallest absolute Gasteiger partial charge is 0.243 e. The van der Waals surface area contributed by atoms with Crippen molar-refractivity contribution in [3.05, 3.63) is 29.8 Å². The summed E-state index contributed by atoms with van der Waals surface area (Å²) in [5.74, 6) is 0.178. The predicted molar refractivity (Wildman–Crippen MR) is 128 cm³/mol. The summed E-state index contributed by atoms with van der Waals surface area (Å²) < 4.78 is 27.8. The molecule has 178 valence electrons. The van der Waals surface area contributed by atoms with Gasteiger partial charge in [-0.2, -0.15) is 4.31 Å². The second kappa shape index (κ2) is 10.1. The molecular formula is C21H27N5O4S3. The fraction of sp³-hybridized carbons (Fsp3) is 0.524. The van der Waals surface area contributed by atoms with Crippen LogP contribution in [0.25, 0.3) is 0 Å². The lowest BCUT2D eigenvalue weighted by molar-refractivity contribution is -0.129. The van der Waals surface area contributed by atoms with Gasteiger partial charge in [-0.3, -0.25) is 14.5 Å². The molecule has 1 aliphatic heterocycles. The number of anilines is 1. The van der Waals surface area contributed by atoms with Crippen molar-refractivity contribution in [3.63, 3.8) is 0 Å². The molecule has 1 aliphatic carbocycles. The van der Waals surface area contributed by atoms with Gasteiger partial charge in [-0.1, -0.05) is 47.7 Å². The third-order valence-electron chi connectivity index (χ3n) is 5.65. The van der Waals surface area contributed by atoms with Crippen molar-refractivity contribution in [3.8, 4) is 0 Å². The molecule has 0 bridgehead atoms. The van der Waals surface area contributed by atoms with E-state index in [1.807, 2.05) is 13.8 Å². The van der Waals surface area contributed by atoms with Gasteiger partial charge in [0.1, 0.15) is 0 Å². The van der Waals surface area contributed by atoms with Crippen molar-refractivity contribution in [1.29, 1.82) is 0 Å². The first kappa shape index (κ1) is 24.1. The lowest BCUT2D eigenvalue weighted by Crippen LogP contribution is -2.50. The second-order valence-corrected chi connectivity index (χ2v) is 12.2. The number of hydrogen-bond acceptors (Lipinski definition) is 8. The average Bonchev–Trinajstić information content (AvgIpc) is 3.54. The Balaban J connectivity index is 1.29. The summed E-state index contributed by atoms with van der Waals surface area (Å²) in [5, 5.41) is 8.90. The van der Waals surface area contributed by atoms with Crippen LogP contribution in [0.2, 0.25) is 0 Å². The van der Waals surface area contributed by atoms with Gasteiger partial charge in [0.25, 0.3) is 0 Å². The Morgan fingerprint density at radius 1 is 1.12 bits per heavy atom. The summed E-state index contributed by atoms with van der Waals surface area (Å²) in [6.45, 7) is 4.99. The lowest BCUT2D eigenvalue weighted by atomic mass is 10.2. The number of aromatic nitrogens is 2. The zero-order valence-corrected chi connectivity index (χ0v) is 21.1. The predicted octanol–water partition coefficient (Wildman–Crippen LogP) is 2.38. The quantitative estimate of drug-likeness (QED) is 0.397. The molecule has 0 radical (unpaired) electrons. The van der Waals surface area contributed by atoms with E-state index >= 15 is 0 Å². The van der Waals surface area contributed by atoms with Crippen LogP contribution in [0.15, 0.2) is 33.5 Å². The topological polar surface area (TPSA) is 104 Å². The highest BCUT2D eigenvalue weighted by Crippen LogP contribution is 2.36. The Morgan fingerprint density at radius 2 is 1.79 bits per heavy atom. The first-order valence-corrected chi connectivity index (χ1v) is 14.2. The van der Waals surface area contributed by atoms with Crippen LogP contribution in [-0.4, -0.2) is 77.6 Å². The molecule has 1 aromatic heterocycles. The number of hydrogen-bond donors (Lipinski definition) is 0. The van der Waals surface area contributed by atoms with E-state index in [0.29, 0.717) is 29.0 Å². The van der Waals surface area contributed by atoms with E-state index < -0.39 is 10.0 Å². The van der Waals surface area contributed by atoms with E-state index in [-0.39, 0.29) is 41.6 Å². The Labute approximate surface area is 202 Å². The molecule has 0 N–H and O–H groups in total. The highest BCUT2D eigenvalue weighted by molar-refractivity contribution is 8.01. The number of carbonyl (C=O) groups excluding carboxylic acids is 2. The normalized spacial score (nSPS) is 17.2. The molecule has 1 saturated heterocycles. The van der Waals surface area contributed by atoms with Gasteiger partial charge in [-0.25, -0.2) is 8.42 Å². The largest absolute Gasteiger partial charge is 0.339 e. The van der Waals surface area contributed by atoms with Crippen molar-refractivity contribution in [2.75, 3.05) is 36.8 Å². The number of sulfonamides is 1. The van der Waals surface area contributed by atoms with Crippen LogP contribution in [0.1, 0.15) is 31.7 Å². The van der Waals surface area contributed by atoms with E-state index in [2.05, 4.69) is 10.2 Å². The second-order valence-electron chi connectivity index (χ2n) is 8.09. The first-order valence-electron chi connectivity index (χ1n) is 10.9. The van der Waals surface area contributed by atoms with Gasteiger partial charge in [0.15, 0.2) is 4.34 Å². The van der Waals surface area contributed by atoms with Crippen molar-refractivity contribution < 1.29 is 18.0 Å². The van der Waals surface area contributed by atoms with Gasteiger partial charge in [0.05, 0.1) is 10.6 Å². The number of piperazine rings is 1. The average molecular weight is 510 g/mol. The Kier molecular flexibility index (Phi) is 7.37. The molecule has 1 aromatic carbocycles. The molecule has 0 unspecified atom stereocenters. The molecule has 2 fully saturated rings. The van der Waals surface area contributed by atoms with Gasteiger partial charge in [0.2, 0.25) is 27.0 Å². The summed E-state index contributed by atoms with van der Waals surface area (Å²) in [4.78, 5) is 28.6. The minimum absolute atomic E-state index is 0.0414. The zero-order valence-electron chi connectivity index (χ0n) is 18.6. The molecule has 4 rings (SSSR count). The molecule has 0 spiro atoms. The maximum absolute atomic E-state index is 12.8. The molecule has 2 aromatic rings. The Bertz CT molecular complexity index is 1110. The Morgan fingerprint density at radius 3 is 2.39 bits per heavy atom. The van der Waals surface area contributed by atoms with Crippen molar-refractivity contribution in [2.45, 2.75) is 48.4 Å². The fourth-order valence-corrected chi connectivity index (χ4v) is 6.83. The third kappa shape index (κ3) is 5.56. The molecule has 9 nitrogen and oxygen atoms in total. The Hall–Kier alpha value is -2.02. The molecule has 33 heavy (non-hydrogen) atoms. The van der Waals surface area contributed by atoms with Crippen LogP contribution >= 0.6 is 23.1 Å². The monoisotopic (exact) mass is 509 g/mol. The van der Waals surface area contributed by atoms with E-state index in [9.17, 15) is 18.0 Å². The van der Waals surface area contributed by atoms with Gasteiger partial charge in [-0.15, -0.1) is 10.2 Å². The van der Waals surface area contributed by atoms with E-state index in [1.54, 1.807) is 34.1 Å². The molecule has 2 amide bonds. The molecule has 2 aliphatic rings. The van der Waals surface area contributed by atoms with Gasteiger partial charge >= 0.3 is 0 Å². The maximum Gasteiger partial charge on any atom is 0.243 e. The lowest BCUT2D eigenvalue weighted by Gasteiger charge is -2.34. The molecule has 1 saturated carbocycles. The number of aryl methyl sites for hydroxylation is 1. The van der Waals surface area contributed by atoms with Crippen LogP contribution in [-0.2, 0) is 19.6 Å². The highest BCUT2D eigenvalue weighted by Gasteiger charge is 2.35. The summed E-state index contributed by atoms with van der Waals surface area (Å²) in [6, 6.07) is 7.02. The van der Waals surface area contributed by atoms with E-state index in [1.165, 1.54) is 27.4 Å². The number of benzene rings is 1. The minimum Gasteiger partial charge on any atom is -0.339 e. The van der Waals surface area contributed by atoms with Crippen molar-refractivity contribution in [2.24, 2.45) is 0 Å². The number of thioether (sulfide) groups is 1. The molecule has 2 heterocycles. The molecular weight excluding hydrogens is 482 g/mol. The number of rotatable bonds is 8. The van der Waals surface area contributed by atoms with Crippen molar-refractivity contribution in [1.82, 2.24) is 19.4 Å². The minimum atomic E-state index is -3.56. The number of carbonyl (C=O) groups is 2. The van der Waals surface area contributed by atoms with Crippen LogP contribution in [0.4, 0.5) is 5.13 Å². The third-order valence-corrected chi connectivity index (χ3v) is 9.61. The standard InChI is InChI=1S/C21H27N5O4S3/c1-3-18(27)26(16-6-7-16)20-22-23-21(32-20)31-14-19(28)24-10-12-25(13-11-24)33(29,30)17-8-4-15(2)5-9-17/h4-5,8-9,16H,3,6-7,10-14H2,1-2H3. The summed E-state index contributed by atoms with van der Waals surface area (Å²) >= 11 is 2.63. The van der Waals surface area contributed by atoms with Gasteiger partial charge < -0.3 is 4.90 Å². The van der Waals surface area contributed by atoms with Crippen LogP contribution in [0.3, 0.4) is 0 Å². The van der Waals surface area contributed by atoms with Crippen molar-refractivity contribution >= 4 is 50.1 Å². The SMILES string of the molecule is CCC(=O)N(c1nnc(SCC(=O)N2CCN(S(=O)(=O)c3ccc(C)cc3)CC2)s1)C1CC1. The van der Waals surface area contributed by atoms with Crippen LogP contribution in [0.5, 0.6) is 0 Å². The highest BCUT2D eigenvalue weighted by atomic mass is 32.2. The summed E-state index contributed by atoms with van der Waals surface area (Å²) in [6.07, 6.45) is 2.39. The first-order chi connectivity index (χ1) is 15.8. The molecule has 12 heteroatoms. The maximum atomic E-state index is 12.8. The number of amides is 2. The van der Waals surface area contributed by atoms with Crippen LogP contribution in [0, 0.1) is 6.92 Å².